The van der Waals surface area contributed by atoms with E-state index in [2.05, 4.69) is 99.5 Å². The lowest BCUT2D eigenvalue weighted by Gasteiger charge is -2.38. The predicted molar refractivity (Wildman–Crippen MR) is 195 cm³/mol. The van der Waals surface area contributed by atoms with Crippen LogP contribution in [0.25, 0.3) is 0 Å². The SMILES string of the molecule is C=C(NC1CCC(NC(C)c2ccc(N3C(=O)Cc4cc(OC)c(O[C@H](C)CC)cc4C3c3ccc(C)cc3)cc2)CC1)OC(C)(C)C. The number of hydrogen-bond donors (Lipinski definition) is 2. The van der Waals surface area contributed by atoms with Crippen LogP contribution in [0.5, 0.6) is 11.5 Å². The van der Waals surface area contributed by atoms with Gasteiger partial charge in [0.1, 0.15) is 5.60 Å². The molecule has 2 aliphatic rings. The highest BCUT2D eigenvalue weighted by atomic mass is 16.5. The average Bonchev–Trinajstić information content (AvgIpc) is 3.04. The predicted octanol–water partition coefficient (Wildman–Crippen LogP) is 8.70. The van der Waals surface area contributed by atoms with Gasteiger partial charge >= 0.3 is 0 Å². The zero-order valence-electron chi connectivity index (χ0n) is 30.2. The van der Waals surface area contributed by atoms with Crippen LogP contribution in [0.1, 0.15) is 114 Å². The van der Waals surface area contributed by atoms with Crippen molar-refractivity contribution in [3.05, 3.63) is 101 Å². The Morgan fingerprint density at radius 1 is 0.958 bits per heavy atom. The number of nitrogens with one attached hydrogen (secondary N) is 2. The Bertz CT molecular complexity index is 1550. The van der Waals surface area contributed by atoms with Crippen LogP contribution in [0.15, 0.2) is 73.1 Å². The van der Waals surface area contributed by atoms with Gasteiger partial charge in [-0.2, -0.15) is 0 Å². The lowest BCUT2D eigenvalue weighted by atomic mass is 9.86. The number of amides is 1. The molecule has 3 aromatic rings. The Labute approximate surface area is 288 Å². The smallest absolute Gasteiger partial charge is 0.232 e. The van der Waals surface area contributed by atoms with E-state index < -0.39 is 0 Å². The Morgan fingerprint density at radius 2 is 1.60 bits per heavy atom. The minimum atomic E-state index is -0.290. The van der Waals surface area contributed by atoms with Crippen molar-refractivity contribution in [3.63, 3.8) is 0 Å². The average molecular weight is 654 g/mol. The first-order chi connectivity index (χ1) is 22.8. The number of carbonyl (C=O) groups is 1. The summed E-state index contributed by atoms with van der Waals surface area (Å²) in [5.41, 5.74) is 6.12. The lowest BCUT2D eigenvalue weighted by molar-refractivity contribution is -0.118. The van der Waals surface area contributed by atoms with Crippen LogP contribution in [0, 0.1) is 6.92 Å². The molecule has 1 saturated carbocycles. The molecule has 0 saturated heterocycles. The molecule has 7 nitrogen and oxygen atoms in total. The van der Waals surface area contributed by atoms with Crippen LogP contribution in [-0.2, 0) is 16.0 Å². The lowest BCUT2D eigenvalue weighted by Crippen LogP contribution is -2.41. The molecule has 0 aromatic heterocycles. The van der Waals surface area contributed by atoms with E-state index in [1.165, 1.54) is 11.1 Å². The van der Waals surface area contributed by atoms with Crippen molar-refractivity contribution < 1.29 is 19.0 Å². The Hall–Kier alpha value is -3.97. The number of nitrogens with zero attached hydrogens (tertiary/aromatic N) is 1. The topological polar surface area (TPSA) is 72.1 Å². The maximum absolute atomic E-state index is 14.0. The van der Waals surface area contributed by atoms with Crippen molar-refractivity contribution >= 4 is 11.6 Å². The highest BCUT2D eigenvalue weighted by Crippen LogP contribution is 2.44. The molecule has 0 bridgehead atoms. The van der Waals surface area contributed by atoms with Gasteiger partial charge in [-0.25, -0.2) is 0 Å². The molecule has 3 atom stereocenters. The van der Waals surface area contributed by atoms with E-state index in [0.717, 1.165) is 54.5 Å². The number of aryl methyl sites for hydroxylation is 1. The first kappa shape index (κ1) is 35.3. The van der Waals surface area contributed by atoms with E-state index in [0.29, 0.717) is 35.9 Å². The maximum atomic E-state index is 14.0. The minimum absolute atomic E-state index is 0.0407. The summed E-state index contributed by atoms with van der Waals surface area (Å²) in [5, 5.41) is 7.33. The highest BCUT2D eigenvalue weighted by Gasteiger charge is 2.36. The third-order valence-electron chi connectivity index (χ3n) is 9.56. The van der Waals surface area contributed by atoms with Crippen molar-refractivity contribution in [2.24, 2.45) is 0 Å². The van der Waals surface area contributed by atoms with Gasteiger partial charge in [0.15, 0.2) is 17.4 Å². The second-order valence-corrected chi connectivity index (χ2v) is 14.6. The van der Waals surface area contributed by atoms with Crippen LogP contribution in [0.4, 0.5) is 5.69 Å². The summed E-state index contributed by atoms with van der Waals surface area (Å²) in [6.07, 6.45) is 5.55. The van der Waals surface area contributed by atoms with E-state index in [9.17, 15) is 4.79 Å². The molecule has 2 unspecified atom stereocenters. The molecule has 1 aliphatic heterocycles. The second kappa shape index (κ2) is 15.1. The zero-order chi connectivity index (χ0) is 34.6. The van der Waals surface area contributed by atoms with E-state index in [-0.39, 0.29) is 29.7 Å². The molecule has 2 N–H and O–H groups in total. The summed E-state index contributed by atoms with van der Waals surface area (Å²) >= 11 is 0. The third-order valence-corrected chi connectivity index (χ3v) is 9.56. The number of carbonyl (C=O) groups excluding carboxylic acids is 1. The van der Waals surface area contributed by atoms with Crippen LogP contribution in [0.3, 0.4) is 0 Å². The summed E-state index contributed by atoms with van der Waals surface area (Å²) in [6.45, 7) is 18.7. The fourth-order valence-electron chi connectivity index (χ4n) is 6.88. The van der Waals surface area contributed by atoms with Gasteiger partial charge in [-0.3, -0.25) is 4.79 Å². The second-order valence-electron chi connectivity index (χ2n) is 14.6. The molecule has 5 rings (SSSR count). The van der Waals surface area contributed by atoms with E-state index >= 15 is 0 Å². The summed E-state index contributed by atoms with van der Waals surface area (Å²) in [4.78, 5) is 15.9. The van der Waals surface area contributed by atoms with Crippen LogP contribution in [-0.4, -0.2) is 36.8 Å². The fraction of sp³-hybridized carbons (Fsp3) is 0.488. The van der Waals surface area contributed by atoms with Gasteiger partial charge in [-0.1, -0.05) is 48.9 Å². The summed E-state index contributed by atoms with van der Waals surface area (Å²) in [6, 6.07) is 21.8. The Kier molecular flexibility index (Phi) is 11.1. The molecule has 1 heterocycles. The van der Waals surface area contributed by atoms with Crippen molar-refractivity contribution in [1.82, 2.24) is 10.6 Å². The van der Waals surface area contributed by atoms with Crippen molar-refractivity contribution in [3.8, 4) is 11.5 Å². The van der Waals surface area contributed by atoms with Gasteiger partial charge in [-0.05, 0) is 127 Å². The molecule has 48 heavy (non-hydrogen) atoms. The molecule has 1 fully saturated rings. The largest absolute Gasteiger partial charge is 0.493 e. The van der Waals surface area contributed by atoms with Gasteiger partial charge in [0.2, 0.25) is 5.91 Å². The molecule has 258 valence electrons. The molecule has 1 aliphatic carbocycles. The highest BCUT2D eigenvalue weighted by molar-refractivity contribution is 5.98. The summed E-state index contributed by atoms with van der Waals surface area (Å²) in [5.74, 6) is 2.09. The monoisotopic (exact) mass is 653 g/mol. The number of anilines is 1. The molecular weight excluding hydrogens is 598 g/mol. The number of rotatable bonds is 12. The standard InChI is InChI=1S/C41H55N3O4/c1-10-27(3)47-38-25-36-32(23-37(38)46-9)24-39(45)44(40(36)31-13-11-26(2)12-14-31)35-21-15-30(16-22-35)28(4)42-33-17-19-34(20-18-33)43-29(5)48-41(6,7)8/h11-16,21-23,25,27-28,33-34,40,42-43H,5,10,17-20,24H2,1-4,6-9H3/t27-,28?,33?,34?,40?/m1/s1. The van der Waals surface area contributed by atoms with Gasteiger partial charge < -0.3 is 29.7 Å². The zero-order valence-corrected chi connectivity index (χ0v) is 30.2. The van der Waals surface area contributed by atoms with E-state index in [1.54, 1.807) is 7.11 Å². The van der Waals surface area contributed by atoms with Crippen LogP contribution in [0.2, 0.25) is 0 Å². The number of benzene rings is 3. The van der Waals surface area contributed by atoms with Gasteiger partial charge in [0, 0.05) is 23.8 Å². The first-order valence-corrected chi connectivity index (χ1v) is 17.6. The van der Waals surface area contributed by atoms with E-state index in [4.69, 9.17) is 14.2 Å². The summed E-state index contributed by atoms with van der Waals surface area (Å²) < 4.78 is 17.9. The van der Waals surface area contributed by atoms with Gasteiger partial charge in [0.05, 0.1) is 25.7 Å². The molecule has 3 aromatic carbocycles. The van der Waals surface area contributed by atoms with Crippen molar-refractivity contribution in [2.75, 3.05) is 12.0 Å². The van der Waals surface area contributed by atoms with Crippen molar-refractivity contribution in [2.45, 2.75) is 123 Å². The number of hydrogen-bond acceptors (Lipinski definition) is 6. The van der Waals surface area contributed by atoms with Crippen molar-refractivity contribution in [1.29, 1.82) is 0 Å². The number of fused-ring (bicyclic) bond motifs is 1. The quantitative estimate of drug-likeness (QED) is 0.191. The molecule has 1 amide bonds. The number of methoxy groups -OCH3 is 1. The Morgan fingerprint density at radius 3 is 2.21 bits per heavy atom. The normalized spacial score (nSPS) is 20.8. The molecule has 7 heteroatoms. The summed E-state index contributed by atoms with van der Waals surface area (Å²) in [7, 11) is 1.65. The fourth-order valence-corrected chi connectivity index (χ4v) is 6.88. The third kappa shape index (κ3) is 8.54. The van der Waals surface area contributed by atoms with Crippen LogP contribution >= 0.6 is 0 Å². The maximum Gasteiger partial charge on any atom is 0.232 e. The molecule has 0 spiro atoms. The van der Waals surface area contributed by atoms with Gasteiger partial charge in [0.25, 0.3) is 0 Å². The van der Waals surface area contributed by atoms with Gasteiger partial charge in [-0.15, -0.1) is 0 Å². The number of ether oxygens (including phenoxy) is 3. The molecule has 0 radical (unpaired) electrons. The van der Waals surface area contributed by atoms with E-state index in [1.807, 2.05) is 31.7 Å². The van der Waals surface area contributed by atoms with Crippen LogP contribution < -0.4 is 25.0 Å². The first-order valence-electron chi connectivity index (χ1n) is 17.6. The Balaban J connectivity index is 1.33. The minimum Gasteiger partial charge on any atom is -0.493 e. The molecular formula is C41H55N3O4.